The molecule has 0 heterocycles. The molecule has 2 aromatic carbocycles. The van der Waals surface area contributed by atoms with Gasteiger partial charge < -0.3 is 4.74 Å². The maximum atomic E-state index is 13.2. The molecule has 2 aromatic rings. The highest BCUT2D eigenvalue weighted by Gasteiger charge is 2.08. The molecule has 96 valence electrons. The SMILES string of the molecule is N#Cc1c(Cl)cccc1OCc1cc(F)cc(Br)c1. The van der Waals surface area contributed by atoms with Gasteiger partial charge in [0.05, 0.1) is 5.02 Å². The van der Waals surface area contributed by atoms with Gasteiger partial charge in [0.25, 0.3) is 0 Å². The van der Waals surface area contributed by atoms with Crippen LogP contribution in [0.2, 0.25) is 5.02 Å². The Bertz CT molecular complexity index is 634. The van der Waals surface area contributed by atoms with E-state index in [2.05, 4.69) is 15.9 Å². The van der Waals surface area contributed by atoms with Crippen LogP contribution in [0.4, 0.5) is 4.39 Å². The minimum absolute atomic E-state index is 0.158. The van der Waals surface area contributed by atoms with E-state index in [-0.39, 0.29) is 18.0 Å². The Balaban J connectivity index is 2.19. The van der Waals surface area contributed by atoms with E-state index in [0.29, 0.717) is 20.8 Å². The summed E-state index contributed by atoms with van der Waals surface area (Å²) in [5.74, 6) is 0.0370. The third-order valence-corrected chi connectivity index (χ3v) is 3.18. The lowest BCUT2D eigenvalue weighted by Gasteiger charge is -2.09. The van der Waals surface area contributed by atoms with Gasteiger partial charge in [-0.1, -0.05) is 33.6 Å². The third-order valence-electron chi connectivity index (χ3n) is 2.40. The average Bonchev–Trinajstić information content (AvgIpc) is 2.35. The summed E-state index contributed by atoms with van der Waals surface area (Å²) in [6.45, 7) is 0.158. The number of hydrogen-bond acceptors (Lipinski definition) is 2. The molecule has 0 fully saturated rings. The molecule has 0 saturated heterocycles. The van der Waals surface area contributed by atoms with Crippen LogP contribution in [-0.2, 0) is 6.61 Å². The molecule has 0 spiro atoms. The van der Waals surface area contributed by atoms with E-state index in [1.165, 1.54) is 12.1 Å². The Morgan fingerprint density at radius 2 is 2.11 bits per heavy atom. The zero-order chi connectivity index (χ0) is 13.8. The van der Waals surface area contributed by atoms with Crippen molar-refractivity contribution in [2.75, 3.05) is 0 Å². The normalized spacial score (nSPS) is 10.0. The quantitative estimate of drug-likeness (QED) is 0.812. The molecule has 0 radical (unpaired) electrons. The van der Waals surface area contributed by atoms with E-state index in [9.17, 15) is 4.39 Å². The fourth-order valence-corrected chi connectivity index (χ4v) is 2.31. The number of halogens is 3. The van der Waals surface area contributed by atoms with Crippen LogP contribution < -0.4 is 4.74 Å². The maximum absolute atomic E-state index is 13.2. The fraction of sp³-hybridized carbons (Fsp3) is 0.0714. The largest absolute Gasteiger partial charge is 0.487 e. The summed E-state index contributed by atoms with van der Waals surface area (Å²) >= 11 is 9.10. The number of nitrogens with zero attached hydrogens (tertiary/aromatic N) is 1. The van der Waals surface area contributed by atoms with Crippen molar-refractivity contribution in [2.45, 2.75) is 6.61 Å². The van der Waals surface area contributed by atoms with Crippen LogP contribution in [0, 0.1) is 17.1 Å². The van der Waals surface area contributed by atoms with E-state index in [4.69, 9.17) is 21.6 Å². The lowest BCUT2D eigenvalue weighted by Crippen LogP contribution is -1.98. The lowest BCUT2D eigenvalue weighted by atomic mass is 10.2. The Morgan fingerprint density at radius 3 is 2.79 bits per heavy atom. The average molecular weight is 341 g/mol. The Hall–Kier alpha value is -1.57. The Morgan fingerprint density at radius 1 is 1.32 bits per heavy atom. The van der Waals surface area contributed by atoms with Crippen molar-refractivity contribution < 1.29 is 9.13 Å². The smallest absolute Gasteiger partial charge is 0.139 e. The molecule has 0 atom stereocenters. The van der Waals surface area contributed by atoms with E-state index in [0.717, 1.165) is 0 Å². The second kappa shape index (κ2) is 6.05. The predicted octanol–water partition coefficient (Wildman–Crippen LogP) is 4.69. The summed E-state index contributed by atoms with van der Waals surface area (Å²) in [6.07, 6.45) is 0. The minimum Gasteiger partial charge on any atom is -0.487 e. The molecular formula is C14H8BrClFNO. The van der Waals surface area contributed by atoms with Gasteiger partial charge in [0.2, 0.25) is 0 Å². The number of rotatable bonds is 3. The molecule has 0 aliphatic carbocycles. The molecule has 0 aliphatic heterocycles. The molecule has 5 heteroatoms. The molecule has 0 unspecified atom stereocenters. The Labute approximate surface area is 123 Å². The Kier molecular flexibility index (Phi) is 4.41. The van der Waals surface area contributed by atoms with Crippen LogP contribution in [0.5, 0.6) is 5.75 Å². The standard InChI is InChI=1S/C14H8BrClFNO/c15-10-4-9(5-11(17)6-10)8-19-14-3-1-2-13(16)12(14)7-18/h1-6H,8H2. The highest BCUT2D eigenvalue weighted by molar-refractivity contribution is 9.10. The first-order chi connectivity index (χ1) is 9.10. The molecule has 0 N–H and O–H groups in total. The first-order valence-corrected chi connectivity index (χ1v) is 6.53. The first kappa shape index (κ1) is 13.9. The van der Waals surface area contributed by atoms with E-state index in [1.807, 2.05) is 6.07 Å². The second-order valence-electron chi connectivity index (χ2n) is 3.79. The van der Waals surface area contributed by atoms with Crippen molar-refractivity contribution in [1.82, 2.24) is 0 Å². The van der Waals surface area contributed by atoms with Gasteiger partial charge in [0.15, 0.2) is 0 Å². The van der Waals surface area contributed by atoms with Crippen molar-refractivity contribution >= 4 is 27.5 Å². The lowest BCUT2D eigenvalue weighted by molar-refractivity contribution is 0.304. The zero-order valence-corrected chi connectivity index (χ0v) is 12.0. The predicted molar refractivity (Wildman–Crippen MR) is 74.6 cm³/mol. The third kappa shape index (κ3) is 3.46. The number of nitriles is 1. The molecule has 0 aliphatic rings. The number of benzene rings is 2. The molecule has 2 nitrogen and oxygen atoms in total. The van der Waals surface area contributed by atoms with Gasteiger partial charge in [-0.15, -0.1) is 0 Å². The van der Waals surface area contributed by atoms with Crippen molar-refractivity contribution in [2.24, 2.45) is 0 Å². The summed E-state index contributed by atoms with van der Waals surface area (Å²) in [4.78, 5) is 0. The van der Waals surface area contributed by atoms with Crippen molar-refractivity contribution in [3.63, 3.8) is 0 Å². The second-order valence-corrected chi connectivity index (χ2v) is 5.11. The van der Waals surface area contributed by atoms with Crippen molar-refractivity contribution in [1.29, 1.82) is 5.26 Å². The number of hydrogen-bond donors (Lipinski definition) is 0. The van der Waals surface area contributed by atoms with Gasteiger partial charge in [0, 0.05) is 4.47 Å². The van der Waals surface area contributed by atoms with Gasteiger partial charge >= 0.3 is 0 Å². The molecule has 0 aromatic heterocycles. The van der Waals surface area contributed by atoms with Crippen LogP contribution in [0.15, 0.2) is 40.9 Å². The highest BCUT2D eigenvalue weighted by atomic mass is 79.9. The fourth-order valence-electron chi connectivity index (χ4n) is 1.59. The zero-order valence-electron chi connectivity index (χ0n) is 9.66. The topological polar surface area (TPSA) is 33.0 Å². The van der Waals surface area contributed by atoms with Gasteiger partial charge in [-0.2, -0.15) is 5.26 Å². The molecule has 2 rings (SSSR count). The van der Waals surface area contributed by atoms with E-state index in [1.54, 1.807) is 24.3 Å². The minimum atomic E-state index is -0.348. The van der Waals surface area contributed by atoms with Crippen LogP contribution in [0.1, 0.15) is 11.1 Å². The summed E-state index contributed by atoms with van der Waals surface area (Å²) in [7, 11) is 0. The maximum Gasteiger partial charge on any atom is 0.139 e. The molecule has 19 heavy (non-hydrogen) atoms. The summed E-state index contributed by atoms with van der Waals surface area (Å²) in [6, 6.07) is 11.4. The molecule has 0 amide bonds. The first-order valence-electron chi connectivity index (χ1n) is 5.36. The molecule has 0 saturated carbocycles. The molecular weight excluding hydrogens is 333 g/mol. The monoisotopic (exact) mass is 339 g/mol. The van der Waals surface area contributed by atoms with Crippen LogP contribution in [0.3, 0.4) is 0 Å². The molecule has 0 bridgehead atoms. The van der Waals surface area contributed by atoms with E-state index >= 15 is 0 Å². The van der Waals surface area contributed by atoms with Gasteiger partial charge in [-0.3, -0.25) is 0 Å². The van der Waals surface area contributed by atoms with Gasteiger partial charge in [-0.05, 0) is 35.9 Å². The van der Waals surface area contributed by atoms with Crippen molar-refractivity contribution in [3.05, 3.63) is 62.8 Å². The van der Waals surface area contributed by atoms with Crippen LogP contribution in [-0.4, -0.2) is 0 Å². The van der Waals surface area contributed by atoms with Crippen LogP contribution in [0.25, 0.3) is 0 Å². The summed E-state index contributed by atoms with van der Waals surface area (Å²) in [5, 5.41) is 9.34. The summed E-state index contributed by atoms with van der Waals surface area (Å²) < 4.78 is 19.4. The van der Waals surface area contributed by atoms with Crippen LogP contribution >= 0.6 is 27.5 Å². The van der Waals surface area contributed by atoms with Crippen molar-refractivity contribution in [3.8, 4) is 11.8 Å². The highest BCUT2D eigenvalue weighted by Crippen LogP contribution is 2.26. The van der Waals surface area contributed by atoms with E-state index < -0.39 is 0 Å². The summed E-state index contributed by atoms with van der Waals surface area (Å²) in [5.41, 5.74) is 0.940. The van der Waals surface area contributed by atoms with Gasteiger partial charge in [0.1, 0.15) is 29.8 Å². The number of ether oxygens (including phenoxy) is 1. The van der Waals surface area contributed by atoms with Gasteiger partial charge in [-0.25, -0.2) is 4.39 Å².